The predicted molar refractivity (Wildman–Crippen MR) is 88.4 cm³/mol. The van der Waals surface area contributed by atoms with Gasteiger partial charge in [-0.3, -0.25) is 9.59 Å². The first-order chi connectivity index (χ1) is 11.3. The summed E-state index contributed by atoms with van der Waals surface area (Å²) in [7, 11) is 0. The highest BCUT2D eigenvalue weighted by Crippen LogP contribution is 2.36. The molecule has 120 valence electrons. The lowest BCUT2D eigenvalue weighted by Gasteiger charge is -2.44. The topological polar surface area (TPSA) is 66.1 Å². The van der Waals surface area contributed by atoms with Crippen molar-refractivity contribution in [3.63, 3.8) is 0 Å². The number of amides is 1. The number of piperidine rings is 1. The van der Waals surface area contributed by atoms with Crippen molar-refractivity contribution < 1.29 is 4.79 Å². The zero-order chi connectivity index (χ0) is 15.8. The fourth-order valence-electron chi connectivity index (χ4n) is 4.29. The molecule has 1 aliphatic carbocycles. The number of carbonyl (C=O) groups is 1. The average molecular weight is 311 g/mol. The van der Waals surface area contributed by atoms with Gasteiger partial charge in [0, 0.05) is 18.0 Å². The summed E-state index contributed by atoms with van der Waals surface area (Å²) < 4.78 is 0. The van der Waals surface area contributed by atoms with Crippen LogP contribution in [0.2, 0.25) is 0 Å². The lowest BCUT2D eigenvalue weighted by Crippen LogP contribution is -2.50. The minimum Gasteiger partial charge on any atom is -0.334 e. The van der Waals surface area contributed by atoms with E-state index in [1.165, 1.54) is 25.7 Å². The summed E-state index contributed by atoms with van der Waals surface area (Å²) in [5.74, 6) is 0.601. The number of rotatable bonds is 1. The molecule has 2 aromatic rings. The number of carbonyl (C=O) groups excluding carboxylic acids is 1. The molecule has 0 bridgehead atoms. The van der Waals surface area contributed by atoms with Crippen LogP contribution in [0.1, 0.15) is 49.0 Å². The Hall–Kier alpha value is -2.17. The quantitative estimate of drug-likeness (QED) is 0.880. The normalized spacial score (nSPS) is 24.4. The molecule has 0 unspecified atom stereocenters. The van der Waals surface area contributed by atoms with Crippen molar-refractivity contribution in [1.29, 1.82) is 0 Å². The van der Waals surface area contributed by atoms with E-state index in [0.29, 0.717) is 28.4 Å². The smallest absolute Gasteiger partial charge is 0.275 e. The molecule has 23 heavy (non-hydrogen) atoms. The first-order valence-corrected chi connectivity index (χ1v) is 8.54. The van der Waals surface area contributed by atoms with Gasteiger partial charge in [0.05, 0.1) is 5.39 Å². The highest BCUT2D eigenvalue weighted by molar-refractivity contribution is 6.04. The van der Waals surface area contributed by atoms with Crippen molar-refractivity contribution in [2.24, 2.45) is 5.92 Å². The Morgan fingerprint density at radius 1 is 1.09 bits per heavy atom. The van der Waals surface area contributed by atoms with Crippen LogP contribution in [-0.2, 0) is 0 Å². The van der Waals surface area contributed by atoms with Gasteiger partial charge in [0.2, 0.25) is 0 Å². The first kappa shape index (κ1) is 14.4. The zero-order valence-electron chi connectivity index (χ0n) is 13.1. The third-order valence-electron chi connectivity index (χ3n) is 5.40. The maximum Gasteiger partial charge on any atom is 0.275 e. The number of nitrogens with one attached hydrogen (secondary N) is 1. The molecular weight excluding hydrogens is 290 g/mol. The zero-order valence-corrected chi connectivity index (χ0v) is 13.1. The van der Waals surface area contributed by atoms with E-state index >= 15 is 0 Å². The second-order valence-electron chi connectivity index (χ2n) is 6.70. The molecule has 1 aliphatic heterocycles. The highest BCUT2D eigenvalue weighted by Gasteiger charge is 2.36. The highest BCUT2D eigenvalue weighted by atomic mass is 16.2. The fourth-order valence-corrected chi connectivity index (χ4v) is 4.29. The number of aromatic amines is 1. The van der Waals surface area contributed by atoms with Gasteiger partial charge < -0.3 is 4.90 Å². The molecule has 1 aromatic carbocycles. The molecule has 1 saturated carbocycles. The number of fused-ring (bicyclic) bond motifs is 2. The Morgan fingerprint density at radius 3 is 2.70 bits per heavy atom. The Balaban J connectivity index is 1.74. The van der Waals surface area contributed by atoms with Crippen LogP contribution in [0.25, 0.3) is 10.8 Å². The van der Waals surface area contributed by atoms with Crippen molar-refractivity contribution >= 4 is 16.7 Å². The molecule has 1 amide bonds. The van der Waals surface area contributed by atoms with E-state index in [-0.39, 0.29) is 11.5 Å². The third kappa shape index (κ3) is 2.44. The molecule has 5 heteroatoms. The summed E-state index contributed by atoms with van der Waals surface area (Å²) in [6, 6.07) is 7.56. The molecule has 2 aliphatic rings. The van der Waals surface area contributed by atoms with E-state index in [2.05, 4.69) is 10.2 Å². The number of benzene rings is 1. The summed E-state index contributed by atoms with van der Waals surface area (Å²) in [5, 5.41) is 7.75. The predicted octanol–water partition coefficient (Wildman–Crippen LogP) is 2.72. The van der Waals surface area contributed by atoms with Crippen LogP contribution in [0.4, 0.5) is 0 Å². The number of likely N-dealkylation sites (tertiary alicyclic amines) is 1. The minimum atomic E-state index is -0.244. The molecule has 0 spiro atoms. The van der Waals surface area contributed by atoms with E-state index in [0.717, 1.165) is 19.4 Å². The van der Waals surface area contributed by atoms with E-state index in [1.54, 1.807) is 6.07 Å². The SMILES string of the molecule is O=C(c1n[nH]c(=O)c2ccccc12)N1CCC[C@H]2CCCC[C@@H]21. The lowest BCUT2D eigenvalue weighted by atomic mass is 9.78. The largest absolute Gasteiger partial charge is 0.334 e. The number of H-pyrrole nitrogens is 1. The average Bonchev–Trinajstić information content (AvgIpc) is 2.61. The van der Waals surface area contributed by atoms with Gasteiger partial charge >= 0.3 is 0 Å². The second-order valence-corrected chi connectivity index (χ2v) is 6.70. The van der Waals surface area contributed by atoms with Crippen LogP contribution < -0.4 is 5.56 Å². The maximum atomic E-state index is 13.1. The molecule has 1 aromatic heterocycles. The van der Waals surface area contributed by atoms with Crippen molar-refractivity contribution in [1.82, 2.24) is 15.1 Å². The third-order valence-corrected chi connectivity index (χ3v) is 5.40. The number of aromatic nitrogens is 2. The van der Waals surface area contributed by atoms with E-state index in [1.807, 2.05) is 23.1 Å². The van der Waals surface area contributed by atoms with Crippen molar-refractivity contribution in [3.05, 3.63) is 40.3 Å². The summed E-state index contributed by atoms with van der Waals surface area (Å²) in [6.07, 6.45) is 7.10. The first-order valence-electron chi connectivity index (χ1n) is 8.54. The molecule has 4 rings (SSSR count). The number of hydrogen-bond acceptors (Lipinski definition) is 3. The van der Waals surface area contributed by atoms with Gasteiger partial charge in [0.25, 0.3) is 11.5 Å². The Bertz CT molecular complexity index is 796. The fraction of sp³-hybridized carbons (Fsp3) is 0.500. The van der Waals surface area contributed by atoms with Gasteiger partial charge in [0.1, 0.15) is 0 Å². The Morgan fingerprint density at radius 2 is 1.83 bits per heavy atom. The van der Waals surface area contributed by atoms with Gasteiger partial charge in [-0.15, -0.1) is 0 Å². The van der Waals surface area contributed by atoms with Crippen molar-refractivity contribution in [3.8, 4) is 0 Å². The van der Waals surface area contributed by atoms with E-state index < -0.39 is 0 Å². The minimum absolute atomic E-state index is 0.0333. The molecule has 2 fully saturated rings. The number of hydrogen-bond donors (Lipinski definition) is 1. The van der Waals surface area contributed by atoms with Crippen LogP contribution in [0.15, 0.2) is 29.1 Å². The van der Waals surface area contributed by atoms with Gasteiger partial charge in [-0.05, 0) is 37.7 Å². The molecule has 1 N–H and O–H groups in total. The van der Waals surface area contributed by atoms with Gasteiger partial charge in [0.15, 0.2) is 5.69 Å². The monoisotopic (exact) mass is 311 g/mol. The molecule has 0 radical (unpaired) electrons. The summed E-state index contributed by atoms with van der Waals surface area (Å²) in [4.78, 5) is 27.1. The van der Waals surface area contributed by atoms with Crippen molar-refractivity contribution in [2.45, 2.75) is 44.6 Å². The van der Waals surface area contributed by atoms with Crippen molar-refractivity contribution in [2.75, 3.05) is 6.54 Å². The molecule has 5 nitrogen and oxygen atoms in total. The Kier molecular flexibility index (Phi) is 3.63. The second kappa shape index (κ2) is 5.80. The van der Waals surface area contributed by atoms with Crippen LogP contribution in [0.3, 0.4) is 0 Å². The number of nitrogens with zero attached hydrogens (tertiary/aromatic N) is 2. The summed E-state index contributed by atoms with van der Waals surface area (Å²) in [5.41, 5.74) is 0.137. The van der Waals surface area contributed by atoms with Gasteiger partial charge in [-0.2, -0.15) is 5.10 Å². The van der Waals surface area contributed by atoms with Crippen LogP contribution in [-0.4, -0.2) is 33.6 Å². The Labute approximate surface area is 134 Å². The summed E-state index contributed by atoms with van der Waals surface area (Å²) >= 11 is 0. The summed E-state index contributed by atoms with van der Waals surface area (Å²) in [6.45, 7) is 0.801. The molecular formula is C18H21N3O2. The van der Waals surface area contributed by atoms with E-state index in [9.17, 15) is 9.59 Å². The van der Waals surface area contributed by atoms with Crippen LogP contribution >= 0.6 is 0 Å². The molecule has 2 atom stereocenters. The van der Waals surface area contributed by atoms with Gasteiger partial charge in [-0.25, -0.2) is 5.10 Å². The molecule has 1 saturated heterocycles. The van der Waals surface area contributed by atoms with E-state index in [4.69, 9.17) is 0 Å². The lowest BCUT2D eigenvalue weighted by molar-refractivity contribution is 0.0386. The maximum absolute atomic E-state index is 13.1. The van der Waals surface area contributed by atoms with Crippen LogP contribution in [0.5, 0.6) is 0 Å². The van der Waals surface area contributed by atoms with Gasteiger partial charge in [-0.1, -0.05) is 31.0 Å². The standard InChI is InChI=1S/C18H21N3O2/c22-17-14-9-3-2-8-13(14)16(19-20-17)18(23)21-11-5-7-12-6-1-4-10-15(12)21/h2-3,8-9,12,15H,1,4-7,10-11H2,(H,20,22)/t12-,15+/m1/s1. The molecule has 2 heterocycles. The van der Waals surface area contributed by atoms with Crippen LogP contribution in [0, 0.1) is 5.92 Å².